The summed E-state index contributed by atoms with van der Waals surface area (Å²) in [4.78, 5) is 26.6. The van der Waals surface area contributed by atoms with Crippen LogP contribution in [-0.2, 0) is 9.63 Å². The molecule has 206 valence electrons. The molecular weight excluding hydrogens is 452 g/mol. The van der Waals surface area contributed by atoms with Crippen LogP contribution in [0.5, 0.6) is 0 Å². The molecule has 0 aromatic heterocycles. The van der Waals surface area contributed by atoms with E-state index in [9.17, 15) is 4.79 Å². The number of carbonyl (C=O) groups excluding carboxylic acids is 1. The minimum atomic E-state index is 0.286. The van der Waals surface area contributed by atoms with E-state index in [0.29, 0.717) is 30.0 Å². The number of nitrogens with zero attached hydrogens (tertiary/aromatic N) is 3. The second-order valence-corrected chi connectivity index (χ2v) is 12.4. The van der Waals surface area contributed by atoms with Crippen LogP contribution >= 0.6 is 0 Å². The number of nitrogens with one attached hydrogen (secondary N) is 3. The number of hydrogen-bond acceptors (Lipinski definition) is 7. The molecule has 5 rings (SSSR count). The van der Waals surface area contributed by atoms with Crippen LogP contribution in [0.1, 0.15) is 77.0 Å². The summed E-state index contributed by atoms with van der Waals surface area (Å²) in [7, 11) is 2.28. The van der Waals surface area contributed by atoms with E-state index < -0.39 is 0 Å². The molecule has 1 amide bonds. The van der Waals surface area contributed by atoms with Gasteiger partial charge in [-0.15, -0.1) is 0 Å². The summed E-state index contributed by atoms with van der Waals surface area (Å²) in [5.41, 5.74) is 3.37. The van der Waals surface area contributed by atoms with Crippen molar-refractivity contribution >= 4 is 5.91 Å². The predicted molar refractivity (Wildman–Crippen MR) is 143 cm³/mol. The molecule has 0 aromatic rings. The largest absolute Gasteiger partial charge is 0.340 e. The zero-order chi connectivity index (χ0) is 24.7. The number of rotatable bonds is 8. The first-order valence-corrected chi connectivity index (χ1v) is 15.2. The van der Waals surface area contributed by atoms with Gasteiger partial charge >= 0.3 is 0 Å². The zero-order valence-electron chi connectivity index (χ0n) is 22.8. The van der Waals surface area contributed by atoms with Crippen LogP contribution in [0.15, 0.2) is 0 Å². The van der Waals surface area contributed by atoms with Gasteiger partial charge in [0.2, 0.25) is 5.91 Å². The molecule has 3 unspecified atom stereocenters. The third kappa shape index (κ3) is 7.20. The molecule has 1 aliphatic carbocycles. The number of piperazine rings is 1. The van der Waals surface area contributed by atoms with E-state index in [2.05, 4.69) is 37.9 Å². The number of likely N-dealkylation sites (N-methyl/N-ethyl adjacent to an activating group) is 1. The lowest BCUT2D eigenvalue weighted by atomic mass is 9.79. The molecule has 36 heavy (non-hydrogen) atoms. The SMILES string of the molecule is CN(CC1CC(C[C@@H]2CNCC[C@H]2CC(=O)N2CCN(C3CCCCN3)CC2)NO1)C1CCCCC1. The van der Waals surface area contributed by atoms with Gasteiger partial charge < -0.3 is 20.4 Å². The maximum atomic E-state index is 13.3. The van der Waals surface area contributed by atoms with Crippen molar-refractivity contribution in [2.24, 2.45) is 11.8 Å². The Hall–Kier alpha value is -0.770. The summed E-state index contributed by atoms with van der Waals surface area (Å²) >= 11 is 0. The van der Waals surface area contributed by atoms with Crippen LogP contribution < -0.4 is 16.1 Å². The molecule has 4 heterocycles. The summed E-state index contributed by atoms with van der Waals surface area (Å²) in [6.45, 7) is 8.05. The lowest BCUT2D eigenvalue weighted by Crippen LogP contribution is -2.57. The molecule has 4 saturated heterocycles. The molecule has 5 fully saturated rings. The molecule has 4 aliphatic heterocycles. The first-order valence-electron chi connectivity index (χ1n) is 15.2. The van der Waals surface area contributed by atoms with Crippen molar-refractivity contribution in [3.8, 4) is 0 Å². The van der Waals surface area contributed by atoms with Crippen molar-refractivity contribution in [3.63, 3.8) is 0 Å². The summed E-state index contributed by atoms with van der Waals surface area (Å²) in [5.74, 6) is 1.42. The molecule has 3 N–H and O–H groups in total. The Balaban J connectivity index is 1.05. The van der Waals surface area contributed by atoms with Gasteiger partial charge in [0, 0.05) is 51.2 Å². The molecule has 5 atom stereocenters. The minimum Gasteiger partial charge on any atom is -0.340 e. The minimum absolute atomic E-state index is 0.286. The lowest BCUT2D eigenvalue weighted by molar-refractivity contribution is -0.135. The smallest absolute Gasteiger partial charge is 0.222 e. The maximum Gasteiger partial charge on any atom is 0.222 e. The van der Waals surface area contributed by atoms with E-state index in [1.165, 1.54) is 51.4 Å². The molecule has 8 heteroatoms. The number of hydroxylamine groups is 1. The van der Waals surface area contributed by atoms with E-state index in [-0.39, 0.29) is 6.10 Å². The first kappa shape index (κ1) is 26.8. The monoisotopic (exact) mass is 504 g/mol. The average molecular weight is 505 g/mol. The normalized spacial score (nSPS) is 35.4. The van der Waals surface area contributed by atoms with Crippen LogP contribution in [0.3, 0.4) is 0 Å². The second-order valence-electron chi connectivity index (χ2n) is 12.4. The Labute approximate surface area is 219 Å². The highest BCUT2D eigenvalue weighted by molar-refractivity contribution is 5.76. The van der Waals surface area contributed by atoms with Gasteiger partial charge in [-0.25, -0.2) is 0 Å². The molecular formula is C28H52N6O2. The lowest BCUT2D eigenvalue weighted by Gasteiger charge is -2.42. The molecule has 0 aromatic carbocycles. The van der Waals surface area contributed by atoms with Crippen LogP contribution in [-0.4, -0.2) is 104 Å². The Bertz CT molecular complexity index is 675. The highest BCUT2D eigenvalue weighted by Gasteiger charge is 2.35. The fraction of sp³-hybridized carbons (Fsp3) is 0.964. The average Bonchev–Trinajstić information content (AvgIpc) is 3.37. The van der Waals surface area contributed by atoms with Gasteiger partial charge in [0.25, 0.3) is 0 Å². The summed E-state index contributed by atoms with van der Waals surface area (Å²) in [6, 6.07) is 1.14. The maximum absolute atomic E-state index is 13.3. The molecule has 8 nitrogen and oxygen atoms in total. The Morgan fingerprint density at radius 2 is 1.75 bits per heavy atom. The van der Waals surface area contributed by atoms with E-state index in [0.717, 1.165) is 84.1 Å². The molecule has 1 saturated carbocycles. The van der Waals surface area contributed by atoms with Crippen molar-refractivity contribution in [2.45, 2.75) is 101 Å². The van der Waals surface area contributed by atoms with Crippen molar-refractivity contribution in [3.05, 3.63) is 0 Å². The number of amides is 1. The highest BCUT2D eigenvalue weighted by Crippen LogP contribution is 2.31. The fourth-order valence-corrected chi connectivity index (χ4v) is 7.52. The van der Waals surface area contributed by atoms with Gasteiger partial charge in [-0.2, -0.15) is 5.48 Å². The summed E-state index contributed by atoms with van der Waals surface area (Å²) in [5, 5.41) is 7.27. The van der Waals surface area contributed by atoms with Crippen molar-refractivity contribution < 1.29 is 9.63 Å². The van der Waals surface area contributed by atoms with Crippen LogP contribution in [0.25, 0.3) is 0 Å². The van der Waals surface area contributed by atoms with Crippen LogP contribution in [0.4, 0.5) is 0 Å². The van der Waals surface area contributed by atoms with Gasteiger partial charge in [-0.3, -0.25) is 14.5 Å². The molecule has 0 bridgehead atoms. The van der Waals surface area contributed by atoms with E-state index >= 15 is 0 Å². The summed E-state index contributed by atoms with van der Waals surface area (Å²) < 4.78 is 0. The number of hydrogen-bond donors (Lipinski definition) is 3. The fourth-order valence-electron chi connectivity index (χ4n) is 7.52. The van der Waals surface area contributed by atoms with E-state index in [1.807, 2.05) is 0 Å². The van der Waals surface area contributed by atoms with E-state index in [1.54, 1.807) is 0 Å². The third-order valence-corrected chi connectivity index (χ3v) is 9.82. The summed E-state index contributed by atoms with van der Waals surface area (Å²) in [6.07, 6.45) is 15.6. The van der Waals surface area contributed by atoms with E-state index in [4.69, 9.17) is 4.84 Å². The Morgan fingerprint density at radius 1 is 0.944 bits per heavy atom. The molecule has 0 spiro atoms. The van der Waals surface area contributed by atoms with Gasteiger partial charge in [0.1, 0.15) is 0 Å². The van der Waals surface area contributed by atoms with Crippen LogP contribution in [0, 0.1) is 11.8 Å². The first-order chi connectivity index (χ1) is 17.7. The van der Waals surface area contributed by atoms with Gasteiger partial charge in [0.05, 0.1) is 12.3 Å². The Morgan fingerprint density at radius 3 is 2.53 bits per heavy atom. The number of carbonyl (C=O) groups is 1. The number of piperidine rings is 2. The topological polar surface area (TPSA) is 72.1 Å². The van der Waals surface area contributed by atoms with Gasteiger partial charge in [0.15, 0.2) is 0 Å². The van der Waals surface area contributed by atoms with Gasteiger partial charge in [-0.05, 0) is 89.9 Å². The molecule has 0 radical (unpaired) electrons. The van der Waals surface area contributed by atoms with Crippen molar-refractivity contribution in [2.75, 3.05) is 59.4 Å². The quantitative estimate of drug-likeness (QED) is 0.468. The zero-order valence-corrected chi connectivity index (χ0v) is 22.8. The predicted octanol–water partition coefficient (Wildman–Crippen LogP) is 2.16. The third-order valence-electron chi connectivity index (χ3n) is 9.82. The standard InChI is InChI=1S/C28H52N6O2/c1-32(25-7-3-2-4-8-25)21-26-19-24(31-36-26)17-23-20-29-12-10-22(23)18-28(35)34-15-13-33(14-16-34)27-9-5-6-11-30-27/h22-27,29-31H,2-21H2,1H3/t22-,23+,24?,26?,27?/m0/s1. The highest BCUT2D eigenvalue weighted by atomic mass is 16.7. The Kier molecular flexibility index (Phi) is 9.94. The van der Waals surface area contributed by atoms with Gasteiger partial charge in [-0.1, -0.05) is 19.3 Å². The van der Waals surface area contributed by atoms with Crippen LogP contribution in [0.2, 0.25) is 0 Å². The second kappa shape index (κ2) is 13.3. The molecule has 5 aliphatic rings. The van der Waals surface area contributed by atoms with Crippen molar-refractivity contribution in [1.82, 2.24) is 30.8 Å². The van der Waals surface area contributed by atoms with Crippen molar-refractivity contribution in [1.29, 1.82) is 0 Å².